The van der Waals surface area contributed by atoms with Gasteiger partial charge in [0.2, 0.25) is 11.8 Å². The van der Waals surface area contributed by atoms with E-state index in [9.17, 15) is 38.6 Å². The number of hydrogen-bond acceptors (Lipinski definition) is 13. The average molecular weight is 1150 g/mol. The number of ether oxygens (including phenoxy) is 1. The summed E-state index contributed by atoms with van der Waals surface area (Å²) in [7, 11) is 2.48. The lowest BCUT2D eigenvalue weighted by Gasteiger charge is -2.58. The first kappa shape index (κ1) is 66.5. The molecule has 16 nitrogen and oxygen atoms in total. The van der Waals surface area contributed by atoms with Crippen molar-refractivity contribution in [1.82, 2.24) is 16.0 Å². The molecule has 0 aromatic heterocycles. The summed E-state index contributed by atoms with van der Waals surface area (Å²) in [5.74, 6) is 3.27. The highest BCUT2D eigenvalue weighted by atomic mass is 32.5. The zero-order chi connectivity index (χ0) is 55.9. The van der Waals surface area contributed by atoms with E-state index in [1.165, 1.54) is 71.2 Å². The Morgan fingerprint density at radius 1 is 0.671 bits per heavy atom. The minimum Gasteiger partial charge on any atom is -0.446 e. The molecule has 0 bridgehead atoms. The van der Waals surface area contributed by atoms with Gasteiger partial charge in [0, 0.05) is 91.1 Å². The summed E-state index contributed by atoms with van der Waals surface area (Å²) >= 11 is 9.55. The van der Waals surface area contributed by atoms with Gasteiger partial charge < -0.3 is 48.6 Å². The van der Waals surface area contributed by atoms with Gasteiger partial charge in [0.25, 0.3) is 0 Å². The molecule has 0 radical (unpaired) electrons. The molecule has 0 aliphatic heterocycles. The predicted octanol–water partition coefficient (Wildman–Crippen LogP) is 11.3. The minimum atomic E-state index is -3.36. The molecule has 0 aromatic rings. The third-order valence-corrected chi connectivity index (χ3v) is 21.1. The van der Waals surface area contributed by atoms with Crippen LogP contribution >= 0.6 is 13.4 Å². The molecule has 436 valence electrons. The lowest BCUT2D eigenvalue weighted by Crippen LogP contribution is -2.51. The van der Waals surface area contributed by atoms with E-state index in [4.69, 9.17) is 46.4 Å². The molecular formula is C56H97N3O13P2S2. The van der Waals surface area contributed by atoms with Crippen LogP contribution in [0.1, 0.15) is 202 Å². The van der Waals surface area contributed by atoms with Crippen LogP contribution < -0.4 is 16.0 Å². The Hall–Kier alpha value is -1.98. The second-order valence-electron chi connectivity index (χ2n) is 23.4. The zero-order valence-electron chi connectivity index (χ0n) is 47.2. The number of allylic oxidation sites excluding steroid dienone is 1. The summed E-state index contributed by atoms with van der Waals surface area (Å²) in [6.45, 7) is 6.72. The summed E-state index contributed by atoms with van der Waals surface area (Å²) in [5, 5.41) is 8.69. The molecule has 0 aromatic carbocycles. The number of carbonyl (C=O) groups excluding carboxylic acids is 6. The molecule has 3 saturated carbocycles. The highest BCUT2D eigenvalue weighted by Gasteiger charge is 2.59. The van der Waals surface area contributed by atoms with Crippen molar-refractivity contribution in [2.24, 2.45) is 52.3 Å². The minimum absolute atomic E-state index is 0.0165. The molecule has 4 aliphatic carbocycles. The van der Waals surface area contributed by atoms with E-state index in [1.54, 1.807) is 0 Å². The quantitative estimate of drug-likeness (QED) is 0.0220. The molecule has 5 N–H and O–H groups in total. The number of amides is 3. The molecule has 0 heterocycles. The maximum Gasteiger partial charge on any atom is 0.407 e. The fourth-order valence-electron chi connectivity index (χ4n) is 13.3. The standard InChI is InChI=1S/C56H97N3O13P2S2/c1-40(2)16-13-17-41(3)49-25-26-50-48-24-23-43-39-47(27-31-55(43,4)51(48)28-32-56(49,50)5)72-54(65)59-34-11-8-9-22-52(63)57-33-12-10-18-42(38-46(62)20-14-19-45(61)30-37-71-74(67,76)69-7)53(64)58-35-29-44(60)21-15-36-70-73(66,75)68-6/h23,40-42,47-51H,8-22,24-39H2,1-7H3,(H,57,63)(H,58,64)(H,59,65)(H,66,75)(H,67,76)/t41-,42?,47+,48?,49?,50?,51?,55+,56-,73?,74?/m1/s1. The predicted molar refractivity (Wildman–Crippen MR) is 304 cm³/mol. The van der Waals surface area contributed by atoms with Gasteiger partial charge in [0.1, 0.15) is 23.5 Å². The van der Waals surface area contributed by atoms with Crippen LogP contribution in [0.15, 0.2) is 11.6 Å². The molecule has 4 rings (SSSR count). The van der Waals surface area contributed by atoms with Crippen LogP contribution in [0.4, 0.5) is 4.79 Å². The molecule has 20 heteroatoms. The normalized spacial score (nSPS) is 26.3. The van der Waals surface area contributed by atoms with E-state index < -0.39 is 19.4 Å². The van der Waals surface area contributed by atoms with E-state index in [0.29, 0.717) is 63.5 Å². The first-order chi connectivity index (χ1) is 36.0. The van der Waals surface area contributed by atoms with Crippen LogP contribution in [-0.4, -0.2) is 98.2 Å². The number of alkyl carbamates (subject to hydrolysis) is 1. The van der Waals surface area contributed by atoms with Gasteiger partial charge >= 0.3 is 19.5 Å². The van der Waals surface area contributed by atoms with Crippen molar-refractivity contribution in [1.29, 1.82) is 0 Å². The smallest absolute Gasteiger partial charge is 0.407 e. The Kier molecular flexibility index (Phi) is 28.9. The largest absolute Gasteiger partial charge is 0.446 e. The number of unbranched alkanes of at least 4 members (excludes halogenated alkanes) is 3. The molecule has 7 unspecified atom stereocenters. The number of hydrogen-bond donors (Lipinski definition) is 5. The van der Waals surface area contributed by atoms with Gasteiger partial charge in [-0.25, -0.2) is 4.79 Å². The summed E-state index contributed by atoms with van der Waals surface area (Å²) < 4.78 is 25.6. The average Bonchev–Trinajstić information content (AvgIpc) is 3.74. The van der Waals surface area contributed by atoms with Crippen LogP contribution in [0.3, 0.4) is 0 Å². The second kappa shape index (κ2) is 33.1. The highest BCUT2D eigenvalue weighted by Crippen LogP contribution is 2.67. The van der Waals surface area contributed by atoms with Crippen LogP contribution in [0.5, 0.6) is 0 Å². The monoisotopic (exact) mass is 1150 g/mol. The van der Waals surface area contributed by atoms with Gasteiger partial charge in [-0.3, -0.25) is 24.0 Å². The van der Waals surface area contributed by atoms with Crippen molar-refractivity contribution in [2.45, 2.75) is 208 Å². The maximum atomic E-state index is 13.3. The van der Waals surface area contributed by atoms with Crippen molar-refractivity contribution < 1.29 is 61.4 Å². The zero-order valence-corrected chi connectivity index (χ0v) is 50.6. The molecule has 0 saturated heterocycles. The van der Waals surface area contributed by atoms with Gasteiger partial charge in [0.15, 0.2) is 0 Å². The molecule has 3 fully saturated rings. The third-order valence-electron chi connectivity index (χ3n) is 17.6. The molecule has 0 spiro atoms. The first-order valence-electron chi connectivity index (χ1n) is 28.8. The summed E-state index contributed by atoms with van der Waals surface area (Å²) in [6, 6.07) is 0. The van der Waals surface area contributed by atoms with Crippen LogP contribution in [0.2, 0.25) is 0 Å². The number of fused-ring (bicyclic) bond motifs is 5. The summed E-state index contributed by atoms with van der Waals surface area (Å²) in [5.41, 5.74) is 2.19. The van der Waals surface area contributed by atoms with Crippen molar-refractivity contribution in [2.75, 3.05) is 47.1 Å². The van der Waals surface area contributed by atoms with E-state index in [0.717, 1.165) is 67.6 Å². The van der Waals surface area contributed by atoms with Crippen LogP contribution in [0, 0.1) is 52.3 Å². The number of ketones is 3. The van der Waals surface area contributed by atoms with Crippen molar-refractivity contribution >= 4 is 72.3 Å². The van der Waals surface area contributed by atoms with Gasteiger partial charge in [-0.2, -0.15) is 0 Å². The van der Waals surface area contributed by atoms with E-state index in [2.05, 4.69) is 56.6 Å². The number of nitrogens with one attached hydrogen (secondary N) is 3. The lowest BCUT2D eigenvalue weighted by atomic mass is 9.47. The summed E-state index contributed by atoms with van der Waals surface area (Å²) in [6.07, 6.45) is 20.8. The Morgan fingerprint density at radius 3 is 2.07 bits per heavy atom. The number of carbonyl (C=O) groups is 6. The third kappa shape index (κ3) is 22.2. The lowest BCUT2D eigenvalue weighted by molar-refractivity contribution is -0.130. The first-order valence-corrected chi connectivity index (χ1v) is 34.0. The van der Waals surface area contributed by atoms with Gasteiger partial charge in [-0.1, -0.05) is 78.4 Å². The second-order valence-corrected chi connectivity index (χ2v) is 29.3. The molecule has 76 heavy (non-hydrogen) atoms. The Labute approximate surface area is 466 Å². The maximum absolute atomic E-state index is 13.3. The van der Waals surface area contributed by atoms with Gasteiger partial charge in [0.05, 0.1) is 13.2 Å². The van der Waals surface area contributed by atoms with Gasteiger partial charge in [-0.15, -0.1) is 0 Å². The Morgan fingerprint density at radius 2 is 1.34 bits per heavy atom. The van der Waals surface area contributed by atoms with Crippen molar-refractivity contribution in [3.8, 4) is 0 Å². The van der Waals surface area contributed by atoms with E-state index >= 15 is 0 Å². The van der Waals surface area contributed by atoms with Crippen LogP contribution in [-0.2, 0) is 70.4 Å². The number of Topliss-reactive ketones (excluding diaryl/α,β-unsaturated/α-hetero) is 3. The number of rotatable bonds is 38. The Bertz CT molecular complexity index is 2030. The molecular weight excluding hydrogens is 1050 g/mol. The fraction of sp³-hybridized carbons (Fsp3) is 0.857. The van der Waals surface area contributed by atoms with E-state index in [1.807, 2.05) is 0 Å². The molecule has 11 atom stereocenters. The van der Waals surface area contributed by atoms with Crippen LogP contribution in [0.25, 0.3) is 0 Å². The fourth-order valence-corrected chi connectivity index (χ4v) is 14.6. The topological polar surface area (TPSA) is 225 Å². The SMILES string of the molecule is COP(O)(=S)OCCCC(=O)CCNC(=O)C(CCCCNC(=O)CCCCCNC(=O)O[C@H]1CC[C@@]2(C)C(=CCC3C4CCC([C@H](C)CCCC(C)C)[C@@]4(C)CCC32)C1)CC(=O)CCCC(=O)CCOP(O)(=S)OC. The van der Waals surface area contributed by atoms with Crippen molar-refractivity contribution in [3.63, 3.8) is 0 Å². The van der Waals surface area contributed by atoms with Gasteiger partial charge in [-0.05, 0) is 153 Å². The Balaban J connectivity index is 1.10. The van der Waals surface area contributed by atoms with Crippen molar-refractivity contribution in [3.05, 3.63) is 11.6 Å². The highest BCUT2D eigenvalue weighted by molar-refractivity contribution is 8.07. The molecule has 4 aliphatic rings. The van der Waals surface area contributed by atoms with E-state index in [-0.39, 0.29) is 105 Å². The molecule has 3 amide bonds. The summed E-state index contributed by atoms with van der Waals surface area (Å²) in [4.78, 5) is 96.0.